The number of thiazole rings is 1. The summed E-state index contributed by atoms with van der Waals surface area (Å²) in [6.07, 6.45) is -1.64. The van der Waals surface area contributed by atoms with Crippen molar-refractivity contribution in [2.45, 2.75) is 24.7 Å². The van der Waals surface area contributed by atoms with Gasteiger partial charge in [0.2, 0.25) is 5.95 Å². The van der Waals surface area contributed by atoms with Crippen LogP contribution in [0.1, 0.15) is 6.42 Å². The van der Waals surface area contributed by atoms with E-state index in [2.05, 4.69) is 25.6 Å². The third-order valence-electron chi connectivity index (χ3n) is 4.95. The number of para-hydroxylation sites is 1. The average molecular weight is 422 g/mol. The Labute approximate surface area is 170 Å². The Hall–Kier alpha value is -2.04. The third-order valence-corrected chi connectivity index (χ3v) is 6.28. The van der Waals surface area contributed by atoms with Crippen molar-refractivity contribution in [1.29, 1.82) is 0 Å². The molecule has 1 fully saturated rings. The van der Waals surface area contributed by atoms with E-state index in [-0.39, 0.29) is 11.8 Å². The van der Waals surface area contributed by atoms with Gasteiger partial charge in [-0.3, -0.25) is 0 Å². The number of hydrogen-bond donors (Lipinski definition) is 5. The summed E-state index contributed by atoms with van der Waals surface area (Å²) in [5.74, 6) is 0.335. The van der Waals surface area contributed by atoms with Gasteiger partial charge in [-0.15, -0.1) is 11.3 Å². The van der Waals surface area contributed by atoms with Crippen LogP contribution in [0.5, 0.6) is 0 Å². The maximum absolute atomic E-state index is 10.4. The topological polar surface area (TPSA) is 123 Å². The van der Waals surface area contributed by atoms with Gasteiger partial charge in [-0.1, -0.05) is 23.7 Å². The van der Waals surface area contributed by atoms with E-state index in [1.807, 2.05) is 24.3 Å². The van der Waals surface area contributed by atoms with Crippen molar-refractivity contribution in [1.82, 2.24) is 15.0 Å². The summed E-state index contributed by atoms with van der Waals surface area (Å²) in [6, 6.07) is 7.26. The minimum atomic E-state index is -1.04. The van der Waals surface area contributed by atoms with E-state index in [1.165, 1.54) is 11.3 Å². The number of hydrogen-bond acceptors (Lipinski definition) is 9. The number of anilines is 2. The molecule has 2 heterocycles. The van der Waals surface area contributed by atoms with Crippen molar-refractivity contribution in [3.05, 3.63) is 29.4 Å². The average Bonchev–Trinajstić information content (AvgIpc) is 3.23. The van der Waals surface area contributed by atoms with E-state index < -0.39 is 24.2 Å². The molecular weight excluding hydrogens is 402 g/mol. The number of nitrogens with one attached hydrogen (secondary N) is 2. The fraction of sp³-hybridized carbons (Fsp3) is 0.389. The molecule has 0 spiro atoms. The molecule has 0 radical (unpaired) electrons. The molecule has 0 bridgehead atoms. The SMILES string of the molecule is CNc1nc(Cl)c(-c2nc3ccccc3s2)c(N[C@@H]2C[C@H](CO)[C@@H](O)[C@H]2O)n1. The van der Waals surface area contributed by atoms with Gasteiger partial charge in [-0.25, -0.2) is 9.97 Å². The van der Waals surface area contributed by atoms with E-state index in [0.29, 0.717) is 28.8 Å². The standard InChI is InChI=1S/C18H20ClN5O3S/c1-20-18-23-15(19)12(17-22-9-4-2-3-5-11(9)28-17)16(24-18)21-10-6-8(7-25)13(26)14(10)27/h2-5,8,10,13-14,25-27H,6-7H2,1H3,(H2,20,21,23,24)/t8-,10-,13-,14+/m1/s1. The molecule has 1 aliphatic carbocycles. The molecule has 10 heteroatoms. The van der Waals surface area contributed by atoms with Gasteiger partial charge in [-0.05, 0) is 18.6 Å². The highest BCUT2D eigenvalue weighted by Crippen LogP contribution is 2.39. The first-order chi connectivity index (χ1) is 13.5. The Morgan fingerprint density at radius 3 is 2.64 bits per heavy atom. The van der Waals surface area contributed by atoms with Crippen molar-refractivity contribution >= 4 is 44.9 Å². The van der Waals surface area contributed by atoms with Crippen LogP contribution in [0.2, 0.25) is 5.15 Å². The number of benzene rings is 1. The van der Waals surface area contributed by atoms with Crippen LogP contribution in [0.25, 0.3) is 20.8 Å². The lowest BCUT2D eigenvalue weighted by atomic mass is 10.1. The fourth-order valence-corrected chi connectivity index (χ4v) is 4.77. The van der Waals surface area contributed by atoms with Gasteiger partial charge in [0.15, 0.2) is 0 Å². The Morgan fingerprint density at radius 2 is 1.96 bits per heavy atom. The lowest BCUT2D eigenvalue weighted by Crippen LogP contribution is -2.35. The predicted molar refractivity (Wildman–Crippen MR) is 110 cm³/mol. The van der Waals surface area contributed by atoms with Gasteiger partial charge in [0.1, 0.15) is 22.1 Å². The summed E-state index contributed by atoms with van der Waals surface area (Å²) < 4.78 is 1.01. The second-order valence-corrected chi connectivity index (χ2v) is 8.10. The molecule has 1 saturated carbocycles. The van der Waals surface area contributed by atoms with E-state index >= 15 is 0 Å². The molecule has 148 valence electrons. The number of aliphatic hydroxyl groups is 3. The first-order valence-electron chi connectivity index (χ1n) is 8.86. The van der Waals surface area contributed by atoms with Crippen LogP contribution >= 0.6 is 22.9 Å². The van der Waals surface area contributed by atoms with Crippen molar-refractivity contribution in [3.63, 3.8) is 0 Å². The smallest absolute Gasteiger partial charge is 0.225 e. The second kappa shape index (κ2) is 7.76. The highest BCUT2D eigenvalue weighted by atomic mass is 35.5. The molecular formula is C18H20ClN5O3S. The zero-order valence-corrected chi connectivity index (χ0v) is 16.6. The maximum Gasteiger partial charge on any atom is 0.225 e. The zero-order valence-electron chi connectivity index (χ0n) is 15.0. The van der Waals surface area contributed by atoms with Crippen molar-refractivity contribution in [3.8, 4) is 10.6 Å². The summed E-state index contributed by atoms with van der Waals surface area (Å²) in [5.41, 5.74) is 1.38. The van der Waals surface area contributed by atoms with Crippen LogP contribution in [-0.2, 0) is 0 Å². The number of nitrogens with zero attached hydrogens (tertiary/aromatic N) is 3. The maximum atomic E-state index is 10.4. The molecule has 1 aromatic carbocycles. The molecule has 0 saturated heterocycles. The molecule has 1 aliphatic rings. The van der Waals surface area contributed by atoms with Gasteiger partial charge in [-0.2, -0.15) is 4.98 Å². The fourth-order valence-electron chi connectivity index (χ4n) is 3.44. The van der Waals surface area contributed by atoms with E-state index in [0.717, 1.165) is 10.2 Å². The molecule has 0 unspecified atom stereocenters. The largest absolute Gasteiger partial charge is 0.396 e. The Morgan fingerprint density at radius 1 is 1.18 bits per heavy atom. The molecule has 5 N–H and O–H groups in total. The molecule has 8 nitrogen and oxygen atoms in total. The van der Waals surface area contributed by atoms with E-state index in [4.69, 9.17) is 11.6 Å². The minimum Gasteiger partial charge on any atom is -0.396 e. The first kappa shape index (κ1) is 19.3. The van der Waals surface area contributed by atoms with Crippen molar-refractivity contribution < 1.29 is 15.3 Å². The molecule has 0 aliphatic heterocycles. The minimum absolute atomic E-state index is 0.201. The Balaban J connectivity index is 1.76. The Bertz CT molecular complexity index is 968. The summed E-state index contributed by atoms with van der Waals surface area (Å²) >= 11 is 7.93. The second-order valence-electron chi connectivity index (χ2n) is 6.71. The number of aromatic nitrogens is 3. The van der Waals surface area contributed by atoms with E-state index in [1.54, 1.807) is 7.05 Å². The number of aliphatic hydroxyl groups excluding tert-OH is 3. The number of halogens is 1. The number of rotatable bonds is 5. The first-order valence-corrected chi connectivity index (χ1v) is 10.1. The van der Waals surface area contributed by atoms with Crippen LogP contribution in [0.3, 0.4) is 0 Å². The molecule has 28 heavy (non-hydrogen) atoms. The Kier molecular flexibility index (Phi) is 5.35. The van der Waals surface area contributed by atoms with Gasteiger partial charge in [0.25, 0.3) is 0 Å². The summed E-state index contributed by atoms with van der Waals surface area (Å²) in [5, 5.41) is 36.8. The predicted octanol–water partition coefficient (Wildman–Crippen LogP) is 1.96. The van der Waals surface area contributed by atoms with Crippen molar-refractivity contribution in [2.75, 3.05) is 24.3 Å². The molecule has 3 aromatic rings. The lowest BCUT2D eigenvalue weighted by molar-refractivity contribution is 0.00446. The van der Waals surface area contributed by atoms with Crippen molar-refractivity contribution in [2.24, 2.45) is 5.92 Å². The van der Waals surface area contributed by atoms with Crippen LogP contribution in [0.15, 0.2) is 24.3 Å². The van der Waals surface area contributed by atoms with Crippen LogP contribution in [0, 0.1) is 5.92 Å². The van der Waals surface area contributed by atoms with Gasteiger partial charge >= 0.3 is 0 Å². The molecule has 4 atom stereocenters. The highest BCUT2D eigenvalue weighted by molar-refractivity contribution is 7.21. The number of fused-ring (bicyclic) bond motifs is 1. The normalized spacial score (nSPS) is 24.6. The quantitative estimate of drug-likeness (QED) is 0.396. The molecule has 2 aromatic heterocycles. The van der Waals surface area contributed by atoms with Gasteiger partial charge in [0, 0.05) is 19.6 Å². The molecule has 4 rings (SSSR count). The summed E-state index contributed by atoms with van der Waals surface area (Å²) in [6.45, 7) is -0.201. The van der Waals surface area contributed by atoms with Crippen LogP contribution in [0.4, 0.5) is 11.8 Å². The van der Waals surface area contributed by atoms with Gasteiger partial charge in [0.05, 0.1) is 27.9 Å². The summed E-state index contributed by atoms with van der Waals surface area (Å²) in [7, 11) is 1.68. The zero-order chi connectivity index (χ0) is 19.8. The third kappa shape index (κ3) is 3.40. The van der Waals surface area contributed by atoms with E-state index in [9.17, 15) is 15.3 Å². The summed E-state index contributed by atoms with van der Waals surface area (Å²) in [4.78, 5) is 13.4. The lowest BCUT2D eigenvalue weighted by Gasteiger charge is -2.20. The van der Waals surface area contributed by atoms with Crippen LogP contribution < -0.4 is 10.6 Å². The highest BCUT2D eigenvalue weighted by Gasteiger charge is 2.41. The van der Waals surface area contributed by atoms with Gasteiger partial charge < -0.3 is 26.0 Å². The molecule has 0 amide bonds. The monoisotopic (exact) mass is 421 g/mol. The van der Waals surface area contributed by atoms with Crippen LogP contribution in [-0.4, -0.2) is 62.2 Å².